The maximum atomic E-state index is 12.4. The number of benzene rings is 2. The third kappa shape index (κ3) is 4.53. The molecule has 3 rings (SSSR count). The summed E-state index contributed by atoms with van der Waals surface area (Å²) < 4.78 is 17.1. The van der Waals surface area contributed by atoms with Gasteiger partial charge in [-0.05, 0) is 35.9 Å². The van der Waals surface area contributed by atoms with E-state index in [0.29, 0.717) is 23.6 Å². The van der Waals surface area contributed by atoms with Gasteiger partial charge < -0.3 is 14.2 Å². The Morgan fingerprint density at radius 3 is 2.46 bits per heavy atom. The van der Waals surface area contributed by atoms with Gasteiger partial charge >= 0.3 is 5.97 Å². The topological polar surface area (TPSA) is 92.5 Å². The lowest BCUT2D eigenvalue weighted by Gasteiger charge is -2.10. The Bertz CT molecular complexity index is 952. The lowest BCUT2D eigenvalue weighted by Crippen LogP contribution is -2.15. The number of Topliss-reactive ketones (excluding diaryl/α,β-unsaturated/α-hetero) is 1. The number of ether oxygens (including phenoxy) is 3. The first-order valence-corrected chi connectivity index (χ1v) is 8.44. The SMILES string of the molecule is COc1ccc(OC)c(C(=O)COC(=O)c2ccc(Cn3cncn3)cc2)c1. The highest BCUT2D eigenvalue weighted by molar-refractivity contribution is 6.01. The zero-order valence-corrected chi connectivity index (χ0v) is 15.5. The lowest BCUT2D eigenvalue weighted by molar-refractivity contribution is 0.0474. The van der Waals surface area contributed by atoms with Crippen LogP contribution in [0, 0.1) is 0 Å². The fourth-order valence-electron chi connectivity index (χ4n) is 2.57. The zero-order valence-electron chi connectivity index (χ0n) is 15.5. The summed E-state index contributed by atoms with van der Waals surface area (Å²) in [6, 6.07) is 11.7. The van der Waals surface area contributed by atoms with Crippen LogP contribution in [0.2, 0.25) is 0 Å². The van der Waals surface area contributed by atoms with Gasteiger partial charge in [-0.15, -0.1) is 0 Å². The van der Waals surface area contributed by atoms with Crippen LogP contribution >= 0.6 is 0 Å². The van der Waals surface area contributed by atoms with Gasteiger partial charge in [0.1, 0.15) is 24.2 Å². The molecule has 144 valence electrons. The van der Waals surface area contributed by atoms with Gasteiger partial charge in [-0.3, -0.25) is 4.79 Å². The summed E-state index contributed by atoms with van der Waals surface area (Å²) in [6.45, 7) is 0.145. The molecule has 0 fully saturated rings. The molecule has 3 aromatic rings. The van der Waals surface area contributed by atoms with E-state index in [1.54, 1.807) is 53.5 Å². The highest BCUT2D eigenvalue weighted by Gasteiger charge is 2.16. The molecule has 0 spiro atoms. The monoisotopic (exact) mass is 381 g/mol. The molecule has 0 radical (unpaired) electrons. The average Bonchev–Trinajstić information content (AvgIpc) is 3.24. The molecule has 2 aromatic carbocycles. The number of carbonyl (C=O) groups is 2. The molecule has 0 saturated carbocycles. The minimum Gasteiger partial charge on any atom is -0.497 e. The Morgan fingerprint density at radius 2 is 1.82 bits per heavy atom. The number of hydrogen-bond donors (Lipinski definition) is 0. The van der Waals surface area contributed by atoms with Crippen molar-refractivity contribution in [2.45, 2.75) is 6.54 Å². The van der Waals surface area contributed by atoms with Crippen molar-refractivity contribution in [3.8, 4) is 11.5 Å². The van der Waals surface area contributed by atoms with E-state index in [1.165, 1.54) is 20.5 Å². The first-order valence-electron chi connectivity index (χ1n) is 8.44. The van der Waals surface area contributed by atoms with E-state index in [2.05, 4.69) is 10.1 Å². The number of rotatable bonds is 8. The molecule has 0 aliphatic rings. The second kappa shape index (κ2) is 8.81. The molecule has 0 saturated heterocycles. The van der Waals surface area contributed by atoms with E-state index < -0.39 is 12.6 Å². The van der Waals surface area contributed by atoms with Crippen LogP contribution in [0.15, 0.2) is 55.1 Å². The summed E-state index contributed by atoms with van der Waals surface area (Å²) in [4.78, 5) is 28.5. The Kier molecular flexibility index (Phi) is 6.01. The summed E-state index contributed by atoms with van der Waals surface area (Å²) in [5, 5.41) is 4.03. The smallest absolute Gasteiger partial charge is 0.338 e. The summed E-state index contributed by atoms with van der Waals surface area (Å²) in [6.07, 6.45) is 3.07. The lowest BCUT2D eigenvalue weighted by atomic mass is 10.1. The molecule has 0 bridgehead atoms. The van der Waals surface area contributed by atoms with E-state index in [-0.39, 0.29) is 11.3 Å². The van der Waals surface area contributed by atoms with Crippen molar-refractivity contribution in [2.75, 3.05) is 20.8 Å². The van der Waals surface area contributed by atoms with Crippen molar-refractivity contribution in [3.05, 3.63) is 71.8 Å². The molecule has 1 heterocycles. The minimum atomic E-state index is -0.581. The van der Waals surface area contributed by atoms with Crippen LogP contribution in [0.3, 0.4) is 0 Å². The second-order valence-corrected chi connectivity index (χ2v) is 5.86. The molecular weight excluding hydrogens is 362 g/mol. The summed E-state index contributed by atoms with van der Waals surface area (Å²) in [7, 11) is 2.97. The summed E-state index contributed by atoms with van der Waals surface area (Å²) >= 11 is 0. The first-order chi connectivity index (χ1) is 13.6. The summed E-state index contributed by atoms with van der Waals surface area (Å²) in [5.41, 5.74) is 1.60. The number of carbonyl (C=O) groups excluding carboxylic acids is 2. The fourth-order valence-corrected chi connectivity index (χ4v) is 2.57. The molecule has 0 aliphatic carbocycles. The molecule has 0 aliphatic heterocycles. The zero-order chi connectivity index (χ0) is 19.9. The number of hydrogen-bond acceptors (Lipinski definition) is 7. The Morgan fingerprint density at radius 1 is 1.04 bits per heavy atom. The van der Waals surface area contributed by atoms with Gasteiger partial charge in [-0.1, -0.05) is 12.1 Å². The first kappa shape index (κ1) is 19.1. The van der Waals surface area contributed by atoms with Crippen LogP contribution in [0.5, 0.6) is 11.5 Å². The molecular formula is C20H19N3O5. The molecule has 28 heavy (non-hydrogen) atoms. The van der Waals surface area contributed by atoms with Crippen LogP contribution in [0.1, 0.15) is 26.3 Å². The number of methoxy groups -OCH3 is 2. The van der Waals surface area contributed by atoms with Crippen LogP contribution in [-0.4, -0.2) is 47.3 Å². The van der Waals surface area contributed by atoms with Crippen LogP contribution in [0.25, 0.3) is 0 Å². The van der Waals surface area contributed by atoms with Gasteiger partial charge in [0.2, 0.25) is 5.78 Å². The van der Waals surface area contributed by atoms with E-state index in [4.69, 9.17) is 14.2 Å². The minimum absolute atomic E-state index is 0.290. The standard InChI is InChI=1S/C20H19N3O5/c1-26-16-7-8-19(27-2)17(9-16)18(24)11-28-20(25)15-5-3-14(4-6-15)10-23-13-21-12-22-23/h3-9,12-13H,10-11H2,1-2H3. The van der Waals surface area contributed by atoms with Gasteiger partial charge in [0.15, 0.2) is 6.61 Å². The van der Waals surface area contributed by atoms with Crippen LogP contribution in [-0.2, 0) is 11.3 Å². The maximum Gasteiger partial charge on any atom is 0.338 e. The second-order valence-electron chi connectivity index (χ2n) is 5.86. The third-order valence-corrected chi connectivity index (χ3v) is 4.04. The highest BCUT2D eigenvalue weighted by atomic mass is 16.5. The van der Waals surface area contributed by atoms with Gasteiger partial charge in [0.05, 0.1) is 31.9 Å². The summed E-state index contributed by atoms with van der Waals surface area (Å²) in [5.74, 6) is -0.0628. The molecule has 0 amide bonds. The van der Waals surface area contributed by atoms with Crippen molar-refractivity contribution in [1.82, 2.24) is 14.8 Å². The molecule has 8 nitrogen and oxygen atoms in total. The maximum absolute atomic E-state index is 12.4. The van der Waals surface area contributed by atoms with Crippen molar-refractivity contribution in [1.29, 1.82) is 0 Å². The van der Waals surface area contributed by atoms with Crippen molar-refractivity contribution in [2.24, 2.45) is 0 Å². The van der Waals surface area contributed by atoms with E-state index in [0.717, 1.165) is 5.56 Å². The largest absolute Gasteiger partial charge is 0.497 e. The molecule has 8 heteroatoms. The van der Waals surface area contributed by atoms with Gasteiger partial charge in [-0.2, -0.15) is 5.10 Å². The molecule has 1 aromatic heterocycles. The number of aromatic nitrogens is 3. The molecule has 0 atom stereocenters. The van der Waals surface area contributed by atoms with Crippen molar-refractivity contribution < 1.29 is 23.8 Å². The quantitative estimate of drug-likeness (QED) is 0.437. The highest BCUT2D eigenvalue weighted by Crippen LogP contribution is 2.24. The molecule has 0 unspecified atom stereocenters. The van der Waals surface area contributed by atoms with E-state index in [1.807, 2.05) is 0 Å². The van der Waals surface area contributed by atoms with Crippen molar-refractivity contribution in [3.63, 3.8) is 0 Å². The Hall–Kier alpha value is -3.68. The Labute approximate surface area is 161 Å². The van der Waals surface area contributed by atoms with Gasteiger partial charge in [0.25, 0.3) is 0 Å². The predicted molar refractivity (Wildman–Crippen MR) is 99.7 cm³/mol. The fraction of sp³-hybridized carbons (Fsp3) is 0.200. The number of esters is 1. The van der Waals surface area contributed by atoms with Gasteiger partial charge in [0, 0.05) is 0 Å². The average molecular weight is 381 g/mol. The van der Waals surface area contributed by atoms with Gasteiger partial charge in [-0.25, -0.2) is 14.5 Å². The predicted octanol–water partition coefficient (Wildman–Crippen LogP) is 2.38. The van der Waals surface area contributed by atoms with Crippen LogP contribution < -0.4 is 9.47 Å². The van der Waals surface area contributed by atoms with Crippen molar-refractivity contribution >= 4 is 11.8 Å². The number of ketones is 1. The third-order valence-electron chi connectivity index (χ3n) is 4.04. The van der Waals surface area contributed by atoms with Crippen LogP contribution in [0.4, 0.5) is 0 Å². The van der Waals surface area contributed by atoms with E-state index >= 15 is 0 Å². The number of nitrogens with zero attached hydrogens (tertiary/aromatic N) is 3. The molecule has 0 N–H and O–H groups in total. The normalized spacial score (nSPS) is 10.4. The van der Waals surface area contributed by atoms with E-state index in [9.17, 15) is 9.59 Å². The Balaban J connectivity index is 1.61.